The average Bonchev–Trinajstić information content (AvgIpc) is 2.88. The molecule has 0 radical (unpaired) electrons. The largest absolute Gasteiger partial charge is 0.376 e. The fraction of sp³-hybridized carbons (Fsp3) is 0.923. The zero-order chi connectivity index (χ0) is 12.3. The predicted octanol–water partition coefficient (Wildman–Crippen LogP) is 1.33. The summed E-state index contributed by atoms with van der Waals surface area (Å²) in [7, 11) is 0. The molecule has 17 heavy (non-hydrogen) atoms. The lowest BCUT2D eigenvalue weighted by Gasteiger charge is -2.25. The molecular weight excluding hydrogens is 216 g/mol. The summed E-state index contributed by atoms with van der Waals surface area (Å²) in [5.74, 6) is 0.0809. The van der Waals surface area contributed by atoms with Crippen molar-refractivity contribution >= 4 is 5.91 Å². The van der Waals surface area contributed by atoms with Gasteiger partial charge in [-0.2, -0.15) is 0 Å². The van der Waals surface area contributed by atoms with E-state index in [0.29, 0.717) is 6.42 Å². The van der Waals surface area contributed by atoms with Gasteiger partial charge in [0, 0.05) is 18.6 Å². The van der Waals surface area contributed by atoms with Crippen LogP contribution in [0, 0.1) is 0 Å². The van der Waals surface area contributed by atoms with Crippen molar-refractivity contribution in [1.82, 2.24) is 5.32 Å². The van der Waals surface area contributed by atoms with Crippen LogP contribution >= 0.6 is 0 Å². The lowest BCUT2D eigenvalue weighted by molar-refractivity contribution is -0.123. The Bertz CT molecular complexity index is 269. The van der Waals surface area contributed by atoms with Crippen molar-refractivity contribution in [3.63, 3.8) is 0 Å². The van der Waals surface area contributed by atoms with Crippen LogP contribution in [0.3, 0.4) is 0 Å². The highest BCUT2D eigenvalue weighted by atomic mass is 16.5. The van der Waals surface area contributed by atoms with Gasteiger partial charge in [0.1, 0.15) is 0 Å². The maximum absolute atomic E-state index is 11.9. The van der Waals surface area contributed by atoms with E-state index in [2.05, 4.69) is 5.32 Å². The third-order valence-electron chi connectivity index (χ3n) is 4.02. The second-order valence-electron chi connectivity index (χ2n) is 5.65. The van der Waals surface area contributed by atoms with Gasteiger partial charge >= 0.3 is 0 Å². The number of nitrogens with one attached hydrogen (secondary N) is 1. The van der Waals surface area contributed by atoms with E-state index in [0.717, 1.165) is 45.1 Å². The summed E-state index contributed by atoms with van der Waals surface area (Å²) in [6.45, 7) is 2.84. The molecule has 1 heterocycles. The smallest absolute Gasteiger partial charge is 0.222 e. The number of hydrogen-bond donors (Lipinski definition) is 2. The molecule has 0 aromatic heterocycles. The first-order valence-corrected chi connectivity index (χ1v) is 6.79. The van der Waals surface area contributed by atoms with Crippen LogP contribution in [0.5, 0.6) is 0 Å². The highest BCUT2D eigenvalue weighted by Gasteiger charge is 2.32. The predicted molar refractivity (Wildman–Crippen MR) is 66.6 cm³/mol. The Balaban J connectivity index is 1.76. The molecule has 2 fully saturated rings. The van der Waals surface area contributed by atoms with Crippen molar-refractivity contribution in [2.75, 3.05) is 6.61 Å². The highest BCUT2D eigenvalue weighted by molar-refractivity contribution is 5.77. The lowest BCUT2D eigenvalue weighted by atomic mass is 9.94. The molecule has 1 saturated heterocycles. The van der Waals surface area contributed by atoms with Crippen LogP contribution < -0.4 is 11.1 Å². The summed E-state index contributed by atoms with van der Waals surface area (Å²) in [4.78, 5) is 11.9. The molecule has 2 unspecified atom stereocenters. The first-order chi connectivity index (χ1) is 8.09. The minimum atomic E-state index is -0.250. The molecule has 1 amide bonds. The topological polar surface area (TPSA) is 64.4 Å². The van der Waals surface area contributed by atoms with Crippen LogP contribution in [0.1, 0.15) is 51.9 Å². The fourth-order valence-electron chi connectivity index (χ4n) is 2.97. The molecule has 4 heteroatoms. The average molecular weight is 240 g/mol. The van der Waals surface area contributed by atoms with E-state index in [1.165, 1.54) is 0 Å². The summed E-state index contributed by atoms with van der Waals surface area (Å²) in [5, 5.41) is 3.03. The van der Waals surface area contributed by atoms with Crippen molar-refractivity contribution in [3.8, 4) is 0 Å². The van der Waals surface area contributed by atoms with Gasteiger partial charge in [0.25, 0.3) is 0 Å². The maximum atomic E-state index is 11.9. The van der Waals surface area contributed by atoms with Crippen LogP contribution in [0.25, 0.3) is 0 Å². The van der Waals surface area contributed by atoms with Crippen molar-refractivity contribution in [2.24, 2.45) is 5.73 Å². The Morgan fingerprint density at radius 3 is 2.76 bits per heavy atom. The fourth-order valence-corrected chi connectivity index (χ4v) is 2.97. The number of nitrogens with two attached hydrogens (primary N) is 1. The number of carbonyl (C=O) groups is 1. The number of hydrogen-bond acceptors (Lipinski definition) is 3. The summed E-state index contributed by atoms with van der Waals surface area (Å²) >= 11 is 0. The third-order valence-corrected chi connectivity index (χ3v) is 4.02. The molecule has 0 aromatic carbocycles. The SMILES string of the molecule is CC(NC(=O)CC1(N)CCCC1)C1CCCO1. The molecule has 0 aromatic rings. The first-order valence-electron chi connectivity index (χ1n) is 6.79. The normalized spacial score (nSPS) is 29.2. The molecule has 1 aliphatic carbocycles. The van der Waals surface area contributed by atoms with Crippen LogP contribution in [-0.4, -0.2) is 30.2 Å². The van der Waals surface area contributed by atoms with Crippen molar-refractivity contribution in [1.29, 1.82) is 0 Å². The Labute approximate surface area is 103 Å². The van der Waals surface area contributed by atoms with E-state index in [9.17, 15) is 4.79 Å². The quantitative estimate of drug-likeness (QED) is 0.779. The number of amides is 1. The first kappa shape index (κ1) is 12.8. The summed E-state index contributed by atoms with van der Waals surface area (Å²) < 4.78 is 5.56. The zero-order valence-electron chi connectivity index (χ0n) is 10.7. The summed E-state index contributed by atoms with van der Waals surface area (Å²) in [6, 6.07) is 0.106. The molecule has 2 rings (SSSR count). The molecule has 2 aliphatic rings. The van der Waals surface area contributed by atoms with E-state index in [1.54, 1.807) is 0 Å². The molecule has 98 valence electrons. The minimum Gasteiger partial charge on any atom is -0.376 e. The molecule has 1 saturated carbocycles. The Morgan fingerprint density at radius 1 is 1.47 bits per heavy atom. The highest BCUT2D eigenvalue weighted by Crippen LogP contribution is 2.30. The van der Waals surface area contributed by atoms with Gasteiger partial charge in [0.15, 0.2) is 0 Å². The van der Waals surface area contributed by atoms with E-state index >= 15 is 0 Å². The van der Waals surface area contributed by atoms with Gasteiger partial charge in [-0.3, -0.25) is 4.79 Å². The summed E-state index contributed by atoms with van der Waals surface area (Å²) in [5.41, 5.74) is 5.95. The van der Waals surface area contributed by atoms with Crippen LogP contribution in [0.15, 0.2) is 0 Å². The van der Waals surface area contributed by atoms with Crippen LogP contribution in [0.2, 0.25) is 0 Å². The number of carbonyl (C=O) groups excluding carboxylic acids is 1. The monoisotopic (exact) mass is 240 g/mol. The van der Waals surface area contributed by atoms with Gasteiger partial charge in [-0.05, 0) is 32.6 Å². The van der Waals surface area contributed by atoms with E-state index in [-0.39, 0.29) is 23.6 Å². The number of ether oxygens (including phenoxy) is 1. The minimum absolute atomic E-state index is 0.0809. The standard InChI is InChI=1S/C13H24N2O2/c1-10(11-5-4-8-17-11)15-12(16)9-13(14)6-2-3-7-13/h10-11H,2-9,14H2,1H3,(H,15,16). The van der Waals surface area contributed by atoms with Gasteiger partial charge in [-0.15, -0.1) is 0 Å². The molecule has 0 spiro atoms. The Kier molecular flexibility index (Phi) is 4.05. The van der Waals surface area contributed by atoms with Gasteiger partial charge in [0.05, 0.1) is 12.1 Å². The van der Waals surface area contributed by atoms with Crippen LogP contribution in [0.4, 0.5) is 0 Å². The van der Waals surface area contributed by atoms with E-state index < -0.39 is 0 Å². The van der Waals surface area contributed by atoms with Gasteiger partial charge in [0.2, 0.25) is 5.91 Å². The summed E-state index contributed by atoms with van der Waals surface area (Å²) in [6.07, 6.45) is 7.08. The molecule has 2 atom stereocenters. The van der Waals surface area contributed by atoms with Gasteiger partial charge in [-0.1, -0.05) is 12.8 Å². The van der Waals surface area contributed by atoms with Gasteiger partial charge in [-0.25, -0.2) is 0 Å². The van der Waals surface area contributed by atoms with E-state index in [4.69, 9.17) is 10.5 Å². The lowest BCUT2D eigenvalue weighted by Crippen LogP contribution is -2.46. The zero-order valence-corrected chi connectivity index (χ0v) is 10.7. The molecule has 3 N–H and O–H groups in total. The number of rotatable bonds is 4. The van der Waals surface area contributed by atoms with Crippen molar-refractivity contribution in [2.45, 2.75) is 69.6 Å². The molecular formula is C13H24N2O2. The Hall–Kier alpha value is -0.610. The van der Waals surface area contributed by atoms with E-state index in [1.807, 2.05) is 6.92 Å². The second kappa shape index (κ2) is 5.36. The Morgan fingerprint density at radius 2 is 2.18 bits per heavy atom. The second-order valence-corrected chi connectivity index (χ2v) is 5.65. The molecule has 0 bridgehead atoms. The third kappa shape index (κ3) is 3.42. The van der Waals surface area contributed by atoms with Crippen LogP contribution in [-0.2, 0) is 9.53 Å². The molecule has 1 aliphatic heterocycles. The van der Waals surface area contributed by atoms with Crippen molar-refractivity contribution in [3.05, 3.63) is 0 Å². The van der Waals surface area contributed by atoms with Crippen molar-refractivity contribution < 1.29 is 9.53 Å². The molecule has 4 nitrogen and oxygen atoms in total. The maximum Gasteiger partial charge on any atom is 0.222 e. The van der Waals surface area contributed by atoms with Gasteiger partial charge < -0.3 is 15.8 Å².